The number of nitro groups is 1. The molecule has 1 saturated carbocycles. The molecule has 0 N–H and O–H groups in total. The first-order chi connectivity index (χ1) is 26.3. The zero-order chi connectivity index (χ0) is 39.2. The summed E-state index contributed by atoms with van der Waals surface area (Å²) in [6, 6.07) is 38.9. The molecule has 0 unspecified atom stereocenters. The molecule has 12 heteroatoms. The van der Waals surface area contributed by atoms with Gasteiger partial charge in [-0.25, -0.2) is 8.42 Å². The lowest BCUT2D eigenvalue weighted by Crippen LogP contribution is -2.66. The Bertz CT molecular complexity index is 2070. The summed E-state index contributed by atoms with van der Waals surface area (Å²) in [7, 11) is -3.85. The molecule has 1 aliphatic rings. The monoisotopic (exact) mass is 780 g/mol. The minimum absolute atomic E-state index is 0.0202. The fraction of sp³-hybridized carbons (Fsp3) is 0.302. The van der Waals surface area contributed by atoms with E-state index in [0.29, 0.717) is 18.1 Å². The molecule has 0 amide bonds. The number of benzene rings is 5. The van der Waals surface area contributed by atoms with Crippen molar-refractivity contribution >= 4 is 34.4 Å². The van der Waals surface area contributed by atoms with Gasteiger partial charge in [0, 0.05) is 31.8 Å². The van der Waals surface area contributed by atoms with Crippen LogP contribution in [0.2, 0.25) is 5.04 Å². The van der Waals surface area contributed by atoms with Gasteiger partial charge in [0.25, 0.3) is 14.0 Å². The summed E-state index contributed by atoms with van der Waals surface area (Å²) in [6.07, 6.45) is 0.871. The van der Waals surface area contributed by atoms with Crippen molar-refractivity contribution in [2.24, 2.45) is 11.8 Å². The smallest absolute Gasteiger partial charge is 0.274 e. The van der Waals surface area contributed by atoms with E-state index in [9.17, 15) is 18.5 Å². The fourth-order valence-electron chi connectivity index (χ4n) is 7.05. The molecule has 288 valence electrons. The molecule has 0 aromatic heterocycles. The number of nitro benzene ring substituents is 1. The predicted octanol–water partition coefficient (Wildman–Crippen LogP) is 7.59. The third-order valence-electron chi connectivity index (χ3n) is 10.2. The van der Waals surface area contributed by atoms with Crippen molar-refractivity contribution in [3.63, 3.8) is 0 Å². The molecule has 10 nitrogen and oxygen atoms in total. The molecule has 6 rings (SSSR count). The van der Waals surface area contributed by atoms with Gasteiger partial charge in [0.2, 0.25) is 10.0 Å². The van der Waals surface area contributed by atoms with Gasteiger partial charge in [0.15, 0.2) is 0 Å². The van der Waals surface area contributed by atoms with Gasteiger partial charge in [-0.2, -0.15) is 4.31 Å². The first-order valence-corrected chi connectivity index (χ1v) is 21.6. The van der Waals surface area contributed by atoms with E-state index in [0.717, 1.165) is 23.6 Å². The first kappa shape index (κ1) is 39.7. The second-order valence-electron chi connectivity index (χ2n) is 14.9. The molecule has 0 spiro atoms. The van der Waals surface area contributed by atoms with Crippen LogP contribution in [0.3, 0.4) is 0 Å². The molecular formula is C43H48N2O8SSi. The number of sulfonamides is 1. The molecule has 0 heterocycles. The number of rotatable bonds is 17. The Balaban J connectivity index is 1.21. The molecule has 5 aromatic carbocycles. The van der Waals surface area contributed by atoms with Crippen molar-refractivity contribution in [2.75, 3.05) is 27.4 Å². The van der Waals surface area contributed by atoms with Crippen LogP contribution in [0.15, 0.2) is 132 Å². The minimum atomic E-state index is -4.26. The van der Waals surface area contributed by atoms with Crippen molar-refractivity contribution in [1.29, 1.82) is 0 Å². The van der Waals surface area contributed by atoms with Crippen LogP contribution in [0, 0.1) is 22.0 Å². The summed E-state index contributed by atoms with van der Waals surface area (Å²) in [5.41, 5.74) is 1.08. The van der Waals surface area contributed by atoms with Gasteiger partial charge < -0.3 is 18.6 Å². The molecule has 5 aromatic rings. The zero-order valence-corrected chi connectivity index (χ0v) is 33.7. The van der Waals surface area contributed by atoms with Gasteiger partial charge in [-0.05, 0) is 69.1 Å². The Morgan fingerprint density at radius 2 is 1.20 bits per heavy atom. The maximum Gasteiger partial charge on any atom is 0.274 e. The van der Waals surface area contributed by atoms with Crippen LogP contribution < -0.4 is 24.6 Å². The molecule has 0 saturated heterocycles. The summed E-state index contributed by atoms with van der Waals surface area (Å²) < 4.78 is 54.0. The van der Waals surface area contributed by atoms with Gasteiger partial charge in [-0.15, -0.1) is 0 Å². The van der Waals surface area contributed by atoms with E-state index in [2.05, 4.69) is 69.3 Å². The van der Waals surface area contributed by atoms with Crippen molar-refractivity contribution in [3.05, 3.63) is 149 Å². The highest BCUT2D eigenvalue weighted by molar-refractivity contribution is 7.89. The van der Waals surface area contributed by atoms with Crippen molar-refractivity contribution in [3.8, 4) is 17.2 Å². The van der Waals surface area contributed by atoms with Crippen LogP contribution in [0.5, 0.6) is 17.2 Å². The highest BCUT2D eigenvalue weighted by atomic mass is 32.2. The second-order valence-corrected chi connectivity index (χ2v) is 21.2. The lowest BCUT2D eigenvalue weighted by Gasteiger charge is -2.43. The van der Waals surface area contributed by atoms with Crippen molar-refractivity contribution in [1.82, 2.24) is 4.31 Å². The molecular weight excluding hydrogens is 733 g/mol. The number of hydrogen-bond acceptors (Lipinski definition) is 8. The average molecular weight is 781 g/mol. The summed E-state index contributed by atoms with van der Waals surface area (Å²) in [4.78, 5) is 11.3. The van der Waals surface area contributed by atoms with Gasteiger partial charge in [-0.1, -0.05) is 106 Å². The van der Waals surface area contributed by atoms with Crippen molar-refractivity contribution < 1.29 is 32.0 Å². The first-order valence-electron chi connectivity index (χ1n) is 18.3. The number of hydrogen-bond donors (Lipinski definition) is 0. The van der Waals surface area contributed by atoms with E-state index in [4.69, 9.17) is 18.6 Å². The second kappa shape index (κ2) is 16.8. The summed E-state index contributed by atoms with van der Waals surface area (Å²) in [5, 5.41) is 14.4. The van der Waals surface area contributed by atoms with E-state index in [1.54, 1.807) is 62.8 Å². The third kappa shape index (κ3) is 9.11. The molecule has 1 fully saturated rings. The zero-order valence-electron chi connectivity index (χ0n) is 31.9. The van der Waals surface area contributed by atoms with Gasteiger partial charge in [-0.3, -0.25) is 10.1 Å². The van der Waals surface area contributed by atoms with Crippen molar-refractivity contribution in [2.45, 2.75) is 50.2 Å². The van der Waals surface area contributed by atoms with Crippen LogP contribution in [-0.4, -0.2) is 53.4 Å². The summed E-state index contributed by atoms with van der Waals surface area (Å²) >= 11 is 0. The number of methoxy groups -OCH3 is 2. The van der Waals surface area contributed by atoms with Crippen LogP contribution in [0.4, 0.5) is 5.69 Å². The predicted molar refractivity (Wildman–Crippen MR) is 216 cm³/mol. The Kier molecular flexibility index (Phi) is 12.1. The van der Waals surface area contributed by atoms with Gasteiger partial charge >= 0.3 is 0 Å². The van der Waals surface area contributed by atoms with Gasteiger partial charge in [0.1, 0.15) is 17.2 Å². The van der Waals surface area contributed by atoms with Crippen LogP contribution in [0.1, 0.15) is 38.3 Å². The largest absolute Gasteiger partial charge is 0.497 e. The molecule has 0 radical (unpaired) electrons. The SMILES string of the molecule is COc1ccc(CN(Cc2ccc(OC)cc2)S(=O)(=O)c2cc(OC[C@@H]3C[C@H]3CO[Si](c3ccccc3)(c3ccccc3)C(C)(C)C)cc([N+](=O)[O-])c2)cc1. The lowest BCUT2D eigenvalue weighted by atomic mass is 10.2. The standard InChI is InChI=1S/C43H48N2O8SSi/c1-43(2,3)55(41-12-8-6-9-13-41,42-14-10-7-11-15-42)53-31-35-24-34(35)30-52-39-25-36(45(46)47)26-40(27-39)54(48,49)44(28-32-16-20-37(50-4)21-17-32)29-33-18-22-38(51-5)23-19-33/h6-23,25-27,34-35H,24,28-31H2,1-5H3/t34-,35-/m0/s1. The molecule has 0 aliphatic heterocycles. The van der Waals surface area contributed by atoms with E-state index in [-0.39, 0.29) is 52.9 Å². The highest BCUT2D eigenvalue weighted by Crippen LogP contribution is 2.43. The average Bonchev–Trinajstić information content (AvgIpc) is 3.96. The lowest BCUT2D eigenvalue weighted by molar-refractivity contribution is -0.385. The quantitative estimate of drug-likeness (QED) is 0.0539. The van der Waals surface area contributed by atoms with E-state index < -0.39 is 23.3 Å². The normalized spacial score (nSPS) is 15.7. The Hall–Kier alpha value is -5.01. The molecule has 55 heavy (non-hydrogen) atoms. The molecule has 0 bridgehead atoms. The third-order valence-corrected chi connectivity index (χ3v) is 17.0. The maximum atomic E-state index is 14.4. The van der Waals surface area contributed by atoms with Gasteiger partial charge in [0.05, 0.1) is 36.7 Å². The summed E-state index contributed by atoms with van der Waals surface area (Å²) in [5.74, 6) is 1.79. The minimum Gasteiger partial charge on any atom is -0.497 e. The highest BCUT2D eigenvalue weighted by Gasteiger charge is 2.51. The van der Waals surface area contributed by atoms with E-state index in [1.165, 1.54) is 26.8 Å². The van der Waals surface area contributed by atoms with Crippen LogP contribution in [-0.2, 0) is 27.5 Å². The van der Waals surface area contributed by atoms with Crippen LogP contribution >= 0.6 is 0 Å². The Labute approximate surface area is 325 Å². The maximum absolute atomic E-state index is 14.4. The number of nitrogens with zero attached hydrogens (tertiary/aromatic N) is 2. The van der Waals surface area contributed by atoms with E-state index >= 15 is 0 Å². The van der Waals surface area contributed by atoms with Crippen LogP contribution in [0.25, 0.3) is 0 Å². The molecule has 2 atom stereocenters. The fourth-order valence-corrected chi connectivity index (χ4v) is 13.1. The number of non-ortho nitro benzene ring substituents is 1. The topological polar surface area (TPSA) is 117 Å². The van der Waals surface area contributed by atoms with E-state index in [1.807, 2.05) is 12.1 Å². The Morgan fingerprint density at radius 3 is 1.65 bits per heavy atom. The molecule has 1 aliphatic carbocycles. The Morgan fingerprint density at radius 1 is 0.709 bits per heavy atom. The number of ether oxygens (including phenoxy) is 3. The summed E-state index contributed by atoms with van der Waals surface area (Å²) in [6.45, 7) is 7.60.